The monoisotopic (exact) mass is 385 g/mol. The standard InChI is InChI=1S/C17H20ClNO5S/c1-11(14-9-12(22-2)5-7-16(14)23-3)19-25(20,21)13-6-8-17(24-4)15(18)10-13/h5-11,19H,1-4H3. The quantitative estimate of drug-likeness (QED) is 0.790. The molecule has 0 heterocycles. The van der Waals surface area contributed by atoms with Gasteiger partial charge in [0, 0.05) is 11.6 Å². The summed E-state index contributed by atoms with van der Waals surface area (Å²) in [5.41, 5.74) is 0.657. The Kier molecular flexibility index (Phi) is 6.16. The van der Waals surface area contributed by atoms with E-state index < -0.39 is 16.1 Å². The maximum Gasteiger partial charge on any atom is 0.241 e. The van der Waals surface area contributed by atoms with Gasteiger partial charge in [0.2, 0.25) is 10.0 Å². The fraction of sp³-hybridized carbons (Fsp3) is 0.294. The van der Waals surface area contributed by atoms with Crippen molar-refractivity contribution in [2.75, 3.05) is 21.3 Å². The first-order chi connectivity index (χ1) is 11.8. The largest absolute Gasteiger partial charge is 0.497 e. The Morgan fingerprint density at radius 2 is 1.60 bits per heavy atom. The lowest BCUT2D eigenvalue weighted by Gasteiger charge is -2.18. The lowest BCUT2D eigenvalue weighted by Crippen LogP contribution is -2.27. The molecule has 0 saturated carbocycles. The normalized spacial score (nSPS) is 12.5. The third-order valence-corrected chi connectivity index (χ3v) is 5.50. The Morgan fingerprint density at radius 3 is 2.16 bits per heavy atom. The number of hydrogen-bond donors (Lipinski definition) is 1. The average Bonchev–Trinajstić information content (AvgIpc) is 2.60. The third-order valence-electron chi connectivity index (χ3n) is 3.67. The smallest absolute Gasteiger partial charge is 0.241 e. The van der Waals surface area contributed by atoms with Crippen molar-refractivity contribution in [3.05, 3.63) is 47.0 Å². The van der Waals surface area contributed by atoms with Crippen LogP contribution in [0.4, 0.5) is 0 Å². The molecule has 6 nitrogen and oxygen atoms in total. The number of rotatable bonds is 7. The molecule has 0 spiro atoms. The molecule has 1 N–H and O–H groups in total. The van der Waals surface area contributed by atoms with Crippen LogP contribution < -0.4 is 18.9 Å². The minimum Gasteiger partial charge on any atom is -0.497 e. The summed E-state index contributed by atoms with van der Waals surface area (Å²) in [7, 11) is 0.742. The fourth-order valence-electron chi connectivity index (χ4n) is 2.36. The molecular formula is C17H20ClNO5S. The summed E-state index contributed by atoms with van der Waals surface area (Å²) in [6.07, 6.45) is 0. The third kappa shape index (κ3) is 4.36. The van der Waals surface area contributed by atoms with Gasteiger partial charge in [0.25, 0.3) is 0 Å². The number of benzene rings is 2. The topological polar surface area (TPSA) is 73.9 Å². The van der Waals surface area contributed by atoms with Gasteiger partial charge in [-0.25, -0.2) is 13.1 Å². The van der Waals surface area contributed by atoms with E-state index in [9.17, 15) is 8.42 Å². The highest BCUT2D eigenvalue weighted by Crippen LogP contribution is 2.31. The van der Waals surface area contributed by atoms with Crippen LogP contribution in [0.25, 0.3) is 0 Å². The van der Waals surface area contributed by atoms with Crippen LogP contribution in [-0.4, -0.2) is 29.7 Å². The second kappa shape index (κ2) is 7.95. The lowest BCUT2D eigenvalue weighted by atomic mass is 10.1. The van der Waals surface area contributed by atoms with E-state index in [0.717, 1.165) is 0 Å². The number of ether oxygens (including phenoxy) is 3. The highest BCUT2D eigenvalue weighted by molar-refractivity contribution is 7.89. The van der Waals surface area contributed by atoms with E-state index in [-0.39, 0.29) is 9.92 Å². The van der Waals surface area contributed by atoms with E-state index in [4.69, 9.17) is 25.8 Å². The van der Waals surface area contributed by atoms with Crippen LogP contribution in [0.15, 0.2) is 41.3 Å². The second-order valence-corrected chi connectivity index (χ2v) is 7.37. The summed E-state index contributed by atoms with van der Waals surface area (Å²) in [5.74, 6) is 1.57. The highest BCUT2D eigenvalue weighted by Gasteiger charge is 2.22. The van der Waals surface area contributed by atoms with Gasteiger partial charge in [-0.15, -0.1) is 0 Å². The molecule has 0 fully saturated rings. The maximum absolute atomic E-state index is 12.6. The van der Waals surface area contributed by atoms with Gasteiger partial charge in [-0.3, -0.25) is 0 Å². The SMILES string of the molecule is COc1ccc(OC)c(C(C)NS(=O)(=O)c2ccc(OC)c(Cl)c2)c1. The molecule has 1 unspecified atom stereocenters. The average molecular weight is 386 g/mol. The highest BCUT2D eigenvalue weighted by atomic mass is 35.5. The molecule has 0 saturated heterocycles. The summed E-state index contributed by atoms with van der Waals surface area (Å²) >= 11 is 6.02. The molecule has 136 valence electrons. The molecule has 1 atom stereocenters. The van der Waals surface area contributed by atoms with Crippen LogP contribution >= 0.6 is 11.6 Å². The van der Waals surface area contributed by atoms with Crippen LogP contribution in [-0.2, 0) is 10.0 Å². The van der Waals surface area contributed by atoms with Gasteiger partial charge in [-0.05, 0) is 43.3 Å². The zero-order valence-electron chi connectivity index (χ0n) is 14.4. The Morgan fingerprint density at radius 1 is 0.960 bits per heavy atom. The van der Waals surface area contributed by atoms with Crippen molar-refractivity contribution in [1.82, 2.24) is 4.72 Å². The Labute approximate surface area is 152 Å². The van der Waals surface area contributed by atoms with Crippen LogP contribution in [0.3, 0.4) is 0 Å². The van der Waals surface area contributed by atoms with E-state index >= 15 is 0 Å². The number of methoxy groups -OCH3 is 3. The van der Waals surface area contributed by atoms with Gasteiger partial charge in [-0.2, -0.15) is 0 Å². The fourth-order valence-corrected chi connectivity index (χ4v) is 3.93. The molecule has 0 bridgehead atoms. The number of nitrogens with one attached hydrogen (secondary N) is 1. The predicted molar refractivity (Wildman–Crippen MR) is 96.3 cm³/mol. The Balaban J connectivity index is 2.33. The molecule has 0 aromatic heterocycles. The first-order valence-electron chi connectivity index (χ1n) is 7.40. The van der Waals surface area contributed by atoms with E-state index in [0.29, 0.717) is 22.8 Å². The van der Waals surface area contributed by atoms with Crippen molar-refractivity contribution >= 4 is 21.6 Å². The van der Waals surface area contributed by atoms with Crippen molar-refractivity contribution in [3.63, 3.8) is 0 Å². The number of sulfonamides is 1. The van der Waals surface area contributed by atoms with Crippen LogP contribution in [0, 0.1) is 0 Å². The minimum absolute atomic E-state index is 0.0482. The van der Waals surface area contributed by atoms with Gasteiger partial charge in [0.05, 0.1) is 31.2 Å². The summed E-state index contributed by atoms with van der Waals surface area (Å²) in [6.45, 7) is 1.72. The number of halogens is 1. The molecule has 0 amide bonds. The molecule has 0 radical (unpaired) electrons. The zero-order valence-corrected chi connectivity index (χ0v) is 15.9. The van der Waals surface area contributed by atoms with Gasteiger partial charge in [-0.1, -0.05) is 11.6 Å². The summed E-state index contributed by atoms with van der Waals surface area (Å²) in [5, 5.41) is 0.219. The van der Waals surface area contributed by atoms with Gasteiger partial charge < -0.3 is 14.2 Å². The van der Waals surface area contributed by atoms with Crippen molar-refractivity contribution in [1.29, 1.82) is 0 Å². The summed E-state index contributed by atoms with van der Waals surface area (Å²) in [4.78, 5) is 0.0482. The Hall–Kier alpha value is -1.96. The maximum atomic E-state index is 12.6. The van der Waals surface area contributed by atoms with Crippen molar-refractivity contribution in [2.45, 2.75) is 17.9 Å². The molecule has 0 aliphatic carbocycles. The van der Waals surface area contributed by atoms with Gasteiger partial charge >= 0.3 is 0 Å². The molecular weight excluding hydrogens is 366 g/mol. The van der Waals surface area contributed by atoms with Crippen molar-refractivity contribution < 1.29 is 22.6 Å². The van der Waals surface area contributed by atoms with Crippen LogP contribution in [0.1, 0.15) is 18.5 Å². The zero-order chi connectivity index (χ0) is 18.6. The van der Waals surface area contributed by atoms with E-state index in [2.05, 4.69) is 4.72 Å². The molecule has 2 aromatic rings. The van der Waals surface area contributed by atoms with Gasteiger partial charge in [0.15, 0.2) is 0 Å². The minimum atomic E-state index is -3.79. The van der Waals surface area contributed by atoms with E-state index in [1.807, 2.05) is 0 Å². The first kappa shape index (κ1) is 19.4. The summed E-state index contributed by atoms with van der Waals surface area (Å²) in [6, 6.07) is 8.94. The van der Waals surface area contributed by atoms with Crippen molar-refractivity contribution in [2.24, 2.45) is 0 Å². The van der Waals surface area contributed by atoms with E-state index in [1.165, 1.54) is 32.4 Å². The first-order valence-corrected chi connectivity index (χ1v) is 9.26. The van der Waals surface area contributed by atoms with E-state index in [1.54, 1.807) is 32.2 Å². The van der Waals surface area contributed by atoms with Crippen LogP contribution in [0.5, 0.6) is 17.2 Å². The molecule has 8 heteroatoms. The molecule has 0 aliphatic heterocycles. The molecule has 2 aromatic carbocycles. The van der Waals surface area contributed by atoms with Crippen molar-refractivity contribution in [3.8, 4) is 17.2 Å². The molecule has 0 aliphatic rings. The molecule has 2 rings (SSSR count). The van der Waals surface area contributed by atoms with Crippen LogP contribution in [0.2, 0.25) is 5.02 Å². The summed E-state index contributed by atoms with van der Waals surface area (Å²) < 4.78 is 43.4. The molecule has 25 heavy (non-hydrogen) atoms. The lowest BCUT2D eigenvalue weighted by molar-refractivity contribution is 0.395. The predicted octanol–water partition coefficient (Wildman–Crippen LogP) is 3.41. The number of hydrogen-bond acceptors (Lipinski definition) is 5. The Bertz CT molecular complexity index is 854. The van der Waals surface area contributed by atoms with Gasteiger partial charge in [0.1, 0.15) is 17.2 Å². The second-order valence-electron chi connectivity index (χ2n) is 5.25.